The molecule has 46 heavy (non-hydrogen) atoms. The summed E-state index contributed by atoms with van der Waals surface area (Å²) in [6, 6.07) is 10.9. The minimum atomic E-state index is -1.62. The Morgan fingerprint density at radius 1 is 0.500 bits per heavy atom. The highest BCUT2D eigenvalue weighted by Crippen LogP contribution is 2.46. The summed E-state index contributed by atoms with van der Waals surface area (Å²) in [5.41, 5.74) is 10.1. The van der Waals surface area contributed by atoms with E-state index in [1.54, 1.807) is 33.4 Å². The predicted octanol–water partition coefficient (Wildman–Crippen LogP) is 12.1. The van der Waals surface area contributed by atoms with Gasteiger partial charge in [0.15, 0.2) is 6.31 Å². The molecule has 254 valence electrons. The van der Waals surface area contributed by atoms with Crippen LogP contribution in [-0.2, 0) is 0 Å². The Balaban J connectivity index is 2.36. The van der Waals surface area contributed by atoms with Crippen LogP contribution in [0.5, 0.6) is 0 Å². The van der Waals surface area contributed by atoms with E-state index in [9.17, 15) is 0 Å². The normalized spacial score (nSPS) is 20.1. The van der Waals surface area contributed by atoms with Gasteiger partial charge in [-0.2, -0.15) is 0 Å². The highest BCUT2D eigenvalue weighted by Gasteiger charge is 2.45. The molecule has 2 saturated heterocycles. The first-order valence-electron chi connectivity index (χ1n) is 19.6. The second-order valence-electron chi connectivity index (χ2n) is 18.4. The van der Waals surface area contributed by atoms with E-state index in [-0.39, 0.29) is 0 Å². The highest BCUT2D eigenvalue weighted by molar-refractivity contribution is 7.57. The molecule has 0 N–H and O–H groups in total. The summed E-state index contributed by atoms with van der Waals surface area (Å²) in [5.74, 6) is 5.29. The molecule has 0 aliphatic carbocycles. The van der Waals surface area contributed by atoms with Gasteiger partial charge in [-0.25, -0.2) is 0 Å². The Bertz CT molecular complexity index is 1320. The monoisotopic (exact) mass is 670 g/mol. The quantitative estimate of drug-likeness (QED) is 0.221. The van der Waals surface area contributed by atoms with Crippen molar-refractivity contribution in [2.24, 2.45) is 0 Å². The maximum Gasteiger partial charge on any atom is 0.159 e. The highest BCUT2D eigenvalue weighted by atomic mass is 29.4. The Kier molecular flexibility index (Phi) is 12.7. The van der Waals surface area contributed by atoms with Gasteiger partial charge < -0.3 is 0 Å². The lowest BCUT2D eigenvalue weighted by molar-refractivity contribution is 0.565. The Hall–Kier alpha value is -0.844. The van der Waals surface area contributed by atoms with Crippen LogP contribution in [0.3, 0.4) is 0 Å². The zero-order valence-electron chi connectivity index (χ0n) is 33.0. The third kappa shape index (κ3) is 7.96. The van der Waals surface area contributed by atoms with Gasteiger partial charge in [-0.1, -0.05) is 184 Å². The number of hydrogen-bond donors (Lipinski definition) is 0. The predicted molar refractivity (Wildman–Crippen MR) is 217 cm³/mol. The van der Waals surface area contributed by atoms with Crippen LogP contribution in [0.15, 0.2) is 24.3 Å². The van der Waals surface area contributed by atoms with E-state index >= 15 is 0 Å². The number of hydrogen-bond acceptors (Lipinski definition) is 0. The maximum atomic E-state index is 2.82. The van der Waals surface area contributed by atoms with E-state index in [1.165, 1.54) is 44.9 Å². The topological polar surface area (TPSA) is 0 Å². The van der Waals surface area contributed by atoms with Crippen molar-refractivity contribution in [3.8, 4) is 0 Å². The van der Waals surface area contributed by atoms with Crippen molar-refractivity contribution in [3.63, 3.8) is 0 Å². The molecule has 2 atom stereocenters. The lowest BCUT2D eigenvalue weighted by Crippen LogP contribution is -2.63. The molecule has 4 rings (SSSR count). The van der Waals surface area contributed by atoms with Crippen LogP contribution in [-0.4, -0.2) is 29.1 Å². The third-order valence-electron chi connectivity index (χ3n) is 11.7. The van der Waals surface area contributed by atoms with Crippen LogP contribution in [0.25, 0.3) is 0 Å². The molecule has 4 heteroatoms. The van der Waals surface area contributed by atoms with Gasteiger partial charge >= 0.3 is 0 Å². The van der Waals surface area contributed by atoms with E-state index in [0.717, 1.165) is 17.9 Å². The van der Waals surface area contributed by atoms with Crippen molar-refractivity contribution in [1.29, 1.82) is 0 Å². The summed E-state index contributed by atoms with van der Waals surface area (Å²) in [5, 5.41) is 3.89. The molecule has 2 aromatic rings. The van der Waals surface area contributed by atoms with Crippen LogP contribution in [0.1, 0.15) is 197 Å². The average molecular weight is 671 g/mol. The number of fused-ring (bicyclic) bond motifs is 2. The zero-order chi connectivity index (χ0) is 34.2. The molecular formula is C42H71BSi3. The molecule has 0 radical (unpaired) electrons. The van der Waals surface area contributed by atoms with Crippen molar-refractivity contribution in [3.05, 3.63) is 57.6 Å². The van der Waals surface area contributed by atoms with E-state index in [2.05, 4.69) is 127 Å². The Morgan fingerprint density at radius 2 is 0.826 bits per heavy atom. The van der Waals surface area contributed by atoms with Crippen molar-refractivity contribution in [2.75, 3.05) is 0 Å². The van der Waals surface area contributed by atoms with Crippen LogP contribution in [0.4, 0.5) is 0 Å². The molecule has 2 aliphatic rings. The lowest BCUT2D eigenvalue weighted by atomic mass is 9.46. The van der Waals surface area contributed by atoms with E-state index in [1.807, 2.05) is 10.4 Å². The van der Waals surface area contributed by atoms with Gasteiger partial charge in [0.2, 0.25) is 0 Å². The van der Waals surface area contributed by atoms with Crippen LogP contribution in [0, 0.1) is 0 Å². The molecule has 2 unspecified atom stereocenters. The minimum Gasteiger partial charge on any atom is -0.0691 e. The summed E-state index contributed by atoms with van der Waals surface area (Å²) in [6.07, 6.45) is 11.3. The number of benzene rings is 2. The van der Waals surface area contributed by atoms with E-state index in [0.29, 0.717) is 35.5 Å². The average Bonchev–Trinajstić information content (AvgIpc) is 3.07. The molecule has 0 spiro atoms. The molecule has 0 nitrogen and oxygen atoms in total. The summed E-state index contributed by atoms with van der Waals surface area (Å²) < 4.78 is 0. The summed E-state index contributed by atoms with van der Waals surface area (Å²) >= 11 is 0. The standard InChI is InChI=1S/C42H71BSi3/c1-27(2)33-23-37(29(5)6)41(38(24-33)30(7)8)44(43-35-19-16-17-20-36(43)22-18-21-35)45(46(13,14)15)42-39(31(9)10)25-34(28(3)4)26-40(42)32(11)12/h23-32,35-36H,16-22H2,1-15H3/b45-44+. The summed E-state index contributed by atoms with van der Waals surface area (Å²) in [6.45, 7) is 38.3. The largest absolute Gasteiger partial charge is 0.159 e. The van der Waals surface area contributed by atoms with Crippen molar-refractivity contribution >= 4 is 39.4 Å². The van der Waals surface area contributed by atoms with Gasteiger partial charge in [-0.15, -0.1) is 0 Å². The van der Waals surface area contributed by atoms with Crippen molar-refractivity contribution < 1.29 is 0 Å². The molecular weight excluding hydrogens is 600 g/mol. The van der Waals surface area contributed by atoms with Crippen molar-refractivity contribution in [1.82, 2.24) is 0 Å². The van der Waals surface area contributed by atoms with E-state index < -0.39 is 22.8 Å². The second-order valence-corrected chi connectivity index (χ2v) is 36.7. The fourth-order valence-corrected chi connectivity index (χ4v) is 37.3. The van der Waals surface area contributed by atoms with Gasteiger partial charge in [0.25, 0.3) is 0 Å². The van der Waals surface area contributed by atoms with E-state index in [4.69, 9.17) is 0 Å². The molecule has 0 aromatic heterocycles. The molecule has 2 fully saturated rings. The second kappa shape index (κ2) is 15.4. The first-order valence-corrected chi connectivity index (χ1v) is 28.1. The smallest absolute Gasteiger partial charge is 0.0691 e. The first kappa shape index (κ1) is 38.0. The van der Waals surface area contributed by atoms with Crippen LogP contribution < -0.4 is 10.4 Å². The minimum absolute atomic E-state index is 0.567. The van der Waals surface area contributed by atoms with Crippen LogP contribution >= 0.6 is 0 Å². The Morgan fingerprint density at radius 3 is 1.13 bits per heavy atom. The SMILES string of the molecule is CC(C)c1cc(C(C)C)c(/[Si](B2C3CCCCC2CCC3)=[Si](/c2c(C(C)C)cc(C(C)C)cc2C(C)C)[Si](C)(C)C)c(C(C)C)c1. The van der Waals surface area contributed by atoms with Gasteiger partial charge in [0, 0.05) is 7.41 Å². The molecule has 2 aliphatic heterocycles. The zero-order valence-corrected chi connectivity index (χ0v) is 36.0. The molecule has 0 saturated carbocycles. The molecule has 2 bridgehead atoms. The molecule has 2 heterocycles. The fourth-order valence-electron chi connectivity index (χ4n) is 9.20. The van der Waals surface area contributed by atoms with Gasteiger partial charge in [0.05, 0.1) is 7.59 Å². The van der Waals surface area contributed by atoms with Gasteiger partial charge in [0.1, 0.15) is 0 Å². The first-order chi connectivity index (χ1) is 21.4. The number of rotatable bonds is 10. The third-order valence-corrected chi connectivity index (χ3v) is 36.1. The van der Waals surface area contributed by atoms with Crippen molar-refractivity contribution in [2.45, 2.75) is 195 Å². The summed E-state index contributed by atoms with van der Waals surface area (Å²) in [4.78, 5) is 0. The lowest BCUT2D eigenvalue weighted by Gasteiger charge is -2.41. The summed E-state index contributed by atoms with van der Waals surface area (Å²) in [7, 11) is -3.42. The van der Waals surface area contributed by atoms with Gasteiger partial charge in [-0.3, -0.25) is 0 Å². The molecule has 0 amide bonds. The molecule has 2 aromatic carbocycles. The Labute approximate surface area is 290 Å². The maximum absolute atomic E-state index is 2.82. The van der Waals surface area contributed by atoms with Gasteiger partial charge in [-0.05, 0) is 87.0 Å². The van der Waals surface area contributed by atoms with Crippen LogP contribution in [0.2, 0.25) is 31.3 Å². The fraction of sp³-hybridized carbons (Fsp3) is 0.714.